The number of hydrogen-bond acceptors (Lipinski definition) is 3. The normalized spacial score (nSPS) is 10.4. The third-order valence-corrected chi connectivity index (χ3v) is 3.02. The van der Waals surface area contributed by atoms with Gasteiger partial charge in [-0.25, -0.2) is 0 Å². The Morgan fingerprint density at radius 2 is 2.18 bits per heavy atom. The third-order valence-electron chi connectivity index (χ3n) is 2.52. The van der Waals surface area contributed by atoms with Crippen molar-refractivity contribution in [3.63, 3.8) is 0 Å². The number of likely N-dealkylation sites (N-methyl/N-ethyl adjacent to an activating group) is 1. The molecule has 0 aliphatic heterocycles. The van der Waals surface area contributed by atoms with E-state index in [4.69, 9.17) is 4.74 Å². The van der Waals surface area contributed by atoms with E-state index in [2.05, 4.69) is 15.9 Å². The SMILES string of the molecule is CCOCCN(C)c1ccc(Br)cc1C(C)=O. The maximum Gasteiger partial charge on any atom is 0.161 e. The number of rotatable bonds is 6. The lowest BCUT2D eigenvalue weighted by atomic mass is 10.1. The predicted molar refractivity (Wildman–Crippen MR) is 73.9 cm³/mol. The molecule has 0 bridgehead atoms. The molecule has 0 heterocycles. The molecule has 0 N–H and O–H groups in total. The van der Waals surface area contributed by atoms with Crippen LogP contribution in [0.1, 0.15) is 24.2 Å². The van der Waals surface area contributed by atoms with Gasteiger partial charge in [0.25, 0.3) is 0 Å². The van der Waals surface area contributed by atoms with Crippen LogP contribution in [-0.4, -0.2) is 32.6 Å². The van der Waals surface area contributed by atoms with Crippen molar-refractivity contribution in [2.45, 2.75) is 13.8 Å². The summed E-state index contributed by atoms with van der Waals surface area (Å²) in [5.41, 5.74) is 1.68. The van der Waals surface area contributed by atoms with Gasteiger partial charge in [-0.1, -0.05) is 15.9 Å². The minimum absolute atomic E-state index is 0.0737. The maximum atomic E-state index is 11.6. The van der Waals surface area contributed by atoms with Gasteiger partial charge < -0.3 is 9.64 Å². The second-order valence-corrected chi connectivity index (χ2v) is 4.75. The molecule has 0 aliphatic rings. The smallest absolute Gasteiger partial charge is 0.161 e. The Kier molecular flexibility index (Phi) is 5.65. The first-order chi connectivity index (χ1) is 8.06. The molecule has 0 radical (unpaired) electrons. The lowest BCUT2D eigenvalue weighted by molar-refractivity contribution is 0.101. The van der Waals surface area contributed by atoms with Gasteiger partial charge in [-0.2, -0.15) is 0 Å². The Hall–Kier alpha value is -0.870. The molecule has 0 amide bonds. The van der Waals surface area contributed by atoms with Gasteiger partial charge in [0.1, 0.15) is 0 Å². The summed E-state index contributed by atoms with van der Waals surface area (Å²) in [5.74, 6) is 0.0737. The van der Waals surface area contributed by atoms with Crippen molar-refractivity contribution in [1.29, 1.82) is 0 Å². The molecule has 0 aliphatic carbocycles. The summed E-state index contributed by atoms with van der Waals surface area (Å²) >= 11 is 3.38. The van der Waals surface area contributed by atoms with Gasteiger partial charge in [-0.15, -0.1) is 0 Å². The van der Waals surface area contributed by atoms with Crippen molar-refractivity contribution in [1.82, 2.24) is 0 Å². The first-order valence-electron chi connectivity index (χ1n) is 5.65. The third kappa shape index (κ3) is 4.13. The van der Waals surface area contributed by atoms with Crippen molar-refractivity contribution >= 4 is 27.4 Å². The van der Waals surface area contributed by atoms with Crippen LogP contribution < -0.4 is 4.90 Å². The molecule has 1 rings (SSSR count). The topological polar surface area (TPSA) is 29.5 Å². The van der Waals surface area contributed by atoms with Gasteiger partial charge in [0.15, 0.2) is 5.78 Å². The fourth-order valence-electron chi connectivity index (χ4n) is 1.59. The van der Waals surface area contributed by atoms with Crippen LogP contribution in [0, 0.1) is 0 Å². The zero-order chi connectivity index (χ0) is 12.8. The van der Waals surface area contributed by atoms with E-state index in [1.807, 2.05) is 37.1 Å². The molecule has 0 saturated heterocycles. The fourth-order valence-corrected chi connectivity index (χ4v) is 1.95. The number of Topliss-reactive ketones (excluding diaryl/α,β-unsaturated/α-hetero) is 1. The van der Waals surface area contributed by atoms with E-state index in [1.165, 1.54) is 0 Å². The van der Waals surface area contributed by atoms with E-state index >= 15 is 0 Å². The van der Waals surface area contributed by atoms with Gasteiger partial charge in [-0.3, -0.25) is 4.79 Å². The van der Waals surface area contributed by atoms with E-state index < -0.39 is 0 Å². The maximum absolute atomic E-state index is 11.6. The van der Waals surface area contributed by atoms with Gasteiger partial charge in [0.2, 0.25) is 0 Å². The van der Waals surface area contributed by atoms with E-state index in [-0.39, 0.29) is 5.78 Å². The highest BCUT2D eigenvalue weighted by Crippen LogP contribution is 2.24. The quantitative estimate of drug-likeness (QED) is 0.597. The molecule has 0 unspecified atom stereocenters. The van der Waals surface area contributed by atoms with Crippen molar-refractivity contribution in [2.75, 3.05) is 31.7 Å². The molecule has 17 heavy (non-hydrogen) atoms. The summed E-state index contributed by atoms with van der Waals surface area (Å²) in [6, 6.07) is 5.75. The van der Waals surface area contributed by atoms with Crippen LogP contribution in [-0.2, 0) is 4.74 Å². The average Bonchev–Trinajstić information content (AvgIpc) is 2.29. The van der Waals surface area contributed by atoms with Crippen LogP contribution in [0.2, 0.25) is 0 Å². The second-order valence-electron chi connectivity index (χ2n) is 3.84. The zero-order valence-corrected chi connectivity index (χ0v) is 12.1. The van der Waals surface area contributed by atoms with Crippen LogP contribution in [0.5, 0.6) is 0 Å². The number of ether oxygens (including phenoxy) is 1. The standard InChI is InChI=1S/C13H18BrNO2/c1-4-17-8-7-15(3)13-6-5-11(14)9-12(13)10(2)16/h5-6,9H,4,7-8H2,1-3H3. The number of anilines is 1. The molecule has 1 aromatic carbocycles. The van der Waals surface area contributed by atoms with Crippen molar-refractivity contribution in [3.8, 4) is 0 Å². The molecule has 0 aromatic heterocycles. The fraction of sp³-hybridized carbons (Fsp3) is 0.462. The van der Waals surface area contributed by atoms with Crippen LogP contribution >= 0.6 is 15.9 Å². The lowest BCUT2D eigenvalue weighted by Gasteiger charge is -2.21. The molecule has 94 valence electrons. The van der Waals surface area contributed by atoms with Crippen LogP contribution in [0.25, 0.3) is 0 Å². The number of benzene rings is 1. The Morgan fingerprint density at radius 1 is 1.47 bits per heavy atom. The minimum atomic E-state index is 0.0737. The van der Waals surface area contributed by atoms with Crippen molar-refractivity contribution in [3.05, 3.63) is 28.2 Å². The molecule has 0 saturated carbocycles. The van der Waals surface area contributed by atoms with Crippen molar-refractivity contribution in [2.24, 2.45) is 0 Å². The van der Waals surface area contributed by atoms with Gasteiger partial charge in [0.05, 0.1) is 6.61 Å². The highest BCUT2D eigenvalue weighted by Gasteiger charge is 2.11. The minimum Gasteiger partial charge on any atom is -0.380 e. The van der Waals surface area contributed by atoms with Crippen LogP contribution in [0.4, 0.5) is 5.69 Å². The molecule has 0 atom stereocenters. The summed E-state index contributed by atoms with van der Waals surface area (Å²) < 4.78 is 6.23. The molecular weight excluding hydrogens is 282 g/mol. The summed E-state index contributed by atoms with van der Waals surface area (Å²) in [4.78, 5) is 13.6. The number of ketones is 1. The molecule has 0 spiro atoms. The highest BCUT2D eigenvalue weighted by molar-refractivity contribution is 9.10. The lowest BCUT2D eigenvalue weighted by Crippen LogP contribution is -2.24. The monoisotopic (exact) mass is 299 g/mol. The predicted octanol–water partition coefficient (Wildman–Crippen LogP) is 3.12. The summed E-state index contributed by atoms with van der Waals surface area (Å²) in [6.07, 6.45) is 0. The Morgan fingerprint density at radius 3 is 2.76 bits per heavy atom. The highest BCUT2D eigenvalue weighted by atomic mass is 79.9. The number of carbonyl (C=O) groups is 1. The summed E-state index contributed by atoms with van der Waals surface area (Å²) in [6.45, 7) is 5.71. The first-order valence-corrected chi connectivity index (χ1v) is 6.45. The van der Waals surface area contributed by atoms with Crippen molar-refractivity contribution < 1.29 is 9.53 Å². The molecule has 0 fully saturated rings. The molecule has 4 heteroatoms. The number of halogens is 1. The first kappa shape index (κ1) is 14.2. The van der Waals surface area contributed by atoms with E-state index in [9.17, 15) is 4.79 Å². The molecule has 1 aromatic rings. The van der Waals surface area contributed by atoms with E-state index in [1.54, 1.807) is 6.92 Å². The largest absolute Gasteiger partial charge is 0.380 e. The average molecular weight is 300 g/mol. The van der Waals surface area contributed by atoms with Gasteiger partial charge in [-0.05, 0) is 32.0 Å². The molecule has 3 nitrogen and oxygen atoms in total. The zero-order valence-electron chi connectivity index (χ0n) is 10.5. The van der Waals surface area contributed by atoms with Gasteiger partial charge >= 0.3 is 0 Å². The Bertz CT molecular complexity index is 393. The Labute approximate surface area is 111 Å². The number of carbonyl (C=O) groups excluding carboxylic acids is 1. The van der Waals surface area contributed by atoms with E-state index in [0.717, 1.165) is 22.3 Å². The van der Waals surface area contributed by atoms with Gasteiger partial charge in [0, 0.05) is 35.9 Å². The molecular formula is C13H18BrNO2. The number of hydrogen-bond donors (Lipinski definition) is 0. The number of nitrogens with zero attached hydrogens (tertiary/aromatic N) is 1. The van der Waals surface area contributed by atoms with Crippen LogP contribution in [0.15, 0.2) is 22.7 Å². The van der Waals surface area contributed by atoms with E-state index in [0.29, 0.717) is 13.2 Å². The summed E-state index contributed by atoms with van der Waals surface area (Å²) in [7, 11) is 1.97. The van der Waals surface area contributed by atoms with Crippen LogP contribution in [0.3, 0.4) is 0 Å². The Balaban J connectivity index is 2.84. The summed E-state index contributed by atoms with van der Waals surface area (Å²) in [5, 5.41) is 0. The second kappa shape index (κ2) is 6.77.